The van der Waals surface area contributed by atoms with Gasteiger partial charge in [-0.15, -0.1) is 22.9 Å². The second-order valence-corrected chi connectivity index (χ2v) is 6.44. The summed E-state index contributed by atoms with van der Waals surface area (Å²) in [5.74, 6) is 1.66. The van der Waals surface area contributed by atoms with Crippen LogP contribution < -0.4 is 5.32 Å². The lowest BCUT2D eigenvalue weighted by Gasteiger charge is -2.25. The van der Waals surface area contributed by atoms with Crippen LogP contribution in [0, 0.1) is 5.41 Å². The van der Waals surface area contributed by atoms with Gasteiger partial charge in [0.1, 0.15) is 17.0 Å². The van der Waals surface area contributed by atoms with Gasteiger partial charge < -0.3 is 5.32 Å². The molecule has 0 aliphatic heterocycles. The molecule has 2 aromatic heterocycles. The van der Waals surface area contributed by atoms with Crippen LogP contribution in [0.1, 0.15) is 26.7 Å². The normalized spacial score (nSPS) is 11.9. The van der Waals surface area contributed by atoms with Crippen LogP contribution in [0.4, 0.5) is 5.82 Å². The van der Waals surface area contributed by atoms with Crippen LogP contribution in [0.2, 0.25) is 0 Å². The molecule has 2 rings (SSSR count). The van der Waals surface area contributed by atoms with Crippen LogP contribution in [0.25, 0.3) is 10.2 Å². The number of alkyl halides is 1. The van der Waals surface area contributed by atoms with Crippen LogP contribution in [0.15, 0.2) is 17.8 Å². The number of thiophene rings is 1. The van der Waals surface area contributed by atoms with Crippen LogP contribution in [0.3, 0.4) is 0 Å². The molecule has 0 unspecified atom stereocenters. The lowest BCUT2D eigenvalue weighted by molar-refractivity contribution is 0.355. The van der Waals surface area contributed by atoms with Crippen molar-refractivity contribution in [2.24, 2.45) is 5.41 Å². The largest absolute Gasteiger partial charge is 0.369 e. The van der Waals surface area contributed by atoms with Gasteiger partial charge in [0, 0.05) is 12.4 Å². The number of anilines is 1. The van der Waals surface area contributed by atoms with Gasteiger partial charge in [0.15, 0.2) is 0 Å². The highest BCUT2D eigenvalue weighted by atomic mass is 35.5. The fourth-order valence-corrected chi connectivity index (χ4v) is 2.75. The highest BCUT2D eigenvalue weighted by Gasteiger charge is 2.17. The average Bonchev–Trinajstić information content (AvgIpc) is 2.82. The van der Waals surface area contributed by atoms with Gasteiger partial charge in [-0.05, 0) is 29.7 Å². The van der Waals surface area contributed by atoms with E-state index in [4.69, 9.17) is 11.6 Å². The molecular formula is C13H18ClN3S. The molecule has 0 aliphatic carbocycles. The molecule has 1 N–H and O–H groups in total. The molecule has 3 nitrogen and oxygen atoms in total. The Bertz CT molecular complexity index is 510. The van der Waals surface area contributed by atoms with Crippen molar-refractivity contribution in [3.63, 3.8) is 0 Å². The lowest BCUT2D eigenvalue weighted by atomic mass is 9.88. The number of nitrogens with zero attached hydrogens (tertiary/aromatic N) is 2. The molecular weight excluding hydrogens is 266 g/mol. The molecule has 0 spiro atoms. The third-order valence-corrected chi connectivity index (χ3v) is 4.07. The van der Waals surface area contributed by atoms with Gasteiger partial charge >= 0.3 is 0 Å². The van der Waals surface area contributed by atoms with Crippen molar-refractivity contribution in [1.29, 1.82) is 0 Å². The molecule has 0 amide bonds. The third kappa shape index (κ3) is 3.33. The Kier molecular flexibility index (Phi) is 4.40. The van der Waals surface area contributed by atoms with Gasteiger partial charge in [0.25, 0.3) is 0 Å². The van der Waals surface area contributed by atoms with E-state index >= 15 is 0 Å². The Morgan fingerprint density at radius 1 is 1.39 bits per heavy atom. The zero-order chi connectivity index (χ0) is 13.0. The van der Waals surface area contributed by atoms with E-state index in [0.717, 1.165) is 41.3 Å². The predicted octanol–water partition coefficient (Wildman–Crippen LogP) is 4.15. The monoisotopic (exact) mass is 283 g/mol. The summed E-state index contributed by atoms with van der Waals surface area (Å²) >= 11 is 7.39. The Balaban J connectivity index is 2.03. The van der Waals surface area contributed by atoms with Crippen molar-refractivity contribution in [1.82, 2.24) is 9.97 Å². The number of nitrogens with one attached hydrogen (secondary N) is 1. The van der Waals surface area contributed by atoms with Crippen molar-refractivity contribution >= 4 is 39.0 Å². The highest BCUT2D eigenvalue weighted by Crippen LogP contribution is 2.27. The molecule has 5 heteroatoms. The molecule has 0 radical (unpaired) electrons. The summed E-state index contributed by atoms with van der Waals surface area (Å²) in [6.45, 7) is 5.39. The molecule has 18 heavy (non-hydrogen) atoms. The lowest BCUT2D eigenvalue weighted by Crippen LogP contribution is -2.23. The number of hydrogen-bond acceptors (Lipinski definition) is 4. The fraction of sp³-hybridized carbons (Fsp3) is 0.538. The van der Waals surface area contributed by atoms with Crippen LogP contribution in [-0.4, -0.2) is 22.4 Å². The molecule has 2 heterocycles. The van der Waals surface area contributed by atoms with Crippen LogP contribution >= 0.6 is 22.9 Å². The Morgan fingerprint density at radius 2 is 2.22 bits per heavy atom. The van der Waals surface area contributed by atoms with E-state index in [1.54, 1.807) is 17.7 Å². The summed E-state index contributed by atoms with van der Waals surface area (Å²) in [5.41, 5.74) is 0.224. The van der Waals surface area contributed by atoms with Gasteiger partial charge in [-0.2, -0.15) is 0 Å². The Labute approximate surface area is 117 Å². The van der Waals surface area contributed by atoms with Crippen LogP contribution in [0.5, 0.6) is 0 Å². The second-order valence-electron chi connectivity index (χ2n) is 5.17. The molecule has 0 saturated heterocycles. The summed E-state index contributed by atoms with van der Waals surface area (Å²) in [7, 11) is 0. The molecule has 0 atom stereocenters. The first-order chi connectivity index (χ1) is 8.62. The SMILES string of the molecule is CC(C)(CCCCl)CNc1ncnc2sccc12. The second kappa shape index (κ2) is 5.85. The van der Waals surface area contributed by atoms with E-state index in [9.17, 15) is 0 Å². The maximum absolute atomic E-state index is 5.75. The smallest absolute Gasteiger partial charge is 0.138 e. The number of halogens is 1. The first-order valence-corrected chi connectivity index (χ1v) is 7.52. The first kappa shape index (κ1) is 13.6. The fourth-order valence-electron chi connectivity index (χ4n) is 1.89. The number of fused-ring (bicyclic) bond motifs is 1. The van der Waals surface area contributed by atoms with Crippen molar-refractivity contribution in [2.45, 2.75) is 26.7 Å². The maximum Gasteiger partial charge on any atom is 0.138 e. The summed E-state index contributed by atoms with van der Waals surface area (Å²) in [6, 6.07) is 2.06. The first-order valence-electron chi connectivity index (χ1n) is 6.10. The van der Waals surface area contributed by atoms with Gasteiger partial charge in [-0.25, -0.2) is 9.97 Å². The Hall–Kier alpha value is -0.870. The third-order valence-electron chi connectivity index (χ3n) is 2.98. The van der Waals surface area contributed by atoms with E-state index in [2.05, 4.69) is 35.2 Å². The van der Waals surface area contributed by atoms with Gasteiger partial charge in [-0.3, -0.25) is 0 Å². The van der Waals surface area contributed by atoms with Crippen LogP contribution in [-0.2, 0) is 0 Å². The van der Waals surface area contributed by atoms with Gasteiger partial charge in [0.2, 0.25) is 0 Å². The molecule has 0 aromatic carbocycles. The van der Waals surface area contributed by atoms with Crippen molar-refractivity contribution in [3.8, 4) is 0 Å². The quantitative estimate of drug-likeness (QED) is 0.810. The highest BCUT2D eigenvalue weighted by molar-refractivity contribution is 7.16. The predicted molar refractivity (Wildman–Crippen MR) is 79.6 cm³/mol. The van der Waals surface area contributed by atoms with E-state index in [1.165, 1.54) is 0 Å². The molecule has 0 aliphatic rings. The molecule has 0 fully saturated rings. The van der Waals surface area contributed by atoms with E-state index in [0.29, 0.717) is 0 Å². The summed E-state index contributed by atoms with van der Waals surface area (Å²) in [4.78, 5) is 9.60. The molecule has 2 aromatic rings. The minimum Gasteiger partial charge on any atom is -0.369 e. The molecule has 0 saturated carbocycles. The number of aromatic nitrogens is 2. The van der Waals surface area contributed by atoms with Crippen molar-refractivity contribution in [3.05, 3.63) is 17.8 Å². The standard InChI is InChI=1S/C13H18ClN3S/c1-13(2,5-3-6-14)8-15-11-10-4-7-18-12(10)17-9-16-11/h4,7,9H,3,5-6,8H2,1-2H3,(H,15,16,17). The number of hydrogen-bond donors (Lipinski definition) is 1. The molecule has 98 valence electrons. The van der Waals surface area contributed by atoms with Gasteiger partial charge in [-0.1, -0.05) is 13.8 Å². The maximum atomic E-state index is 5.75. The Morgan fingerprint density at radius 3 is 3.00 bits per heavy atom. The van der Waals surface area contributed by atoms with Gasteiger partial charge in [0.05, 0.1) is 5.39 Å². The zero-order valence-electron chi connectivity index (χ0n) is 10.7. The minimum atomic E-state index is 0.224. The zero-order valence-corrected chi connectivity index (χ0v) is 12.3. The molecule has 0 bridgehead atoms. The summed E-state index contributed by atoms with van der Waals surface area (Å²) < 4.78 is 0. The average molecular weight is 284 g/mol. The summed E-state index contributed by atoms with van der Waals surface area (Å²) in [6.07, 6.45) is 3.78. The van der Waals surface area contributed by atoms with Crippen molar-refractivity contribution < 1.29 is 0 Å². The minimum absolute atomic E-state index is 0.224. The number of rotatable bonds is 6. The van der Waals surface area contributed by atoms with E-state index in [1.807, 2.05) is 5.38 Å². The topological polar surface area (TPSA) is 37.8 Å². The van der Waals surface area contributed by atoms with E-state index < -0.39 is 0 Å². The van der Waals surface area contributed by atoms with Crippen molar-refractivity contribution in [2.75, 3.05) is 17.7 Å². The van der Waals surface area contributed by atoms with E-state index in [-0.39, 0.29) is 5.41 Å². The summed E-state index contributed by atoms with van der Waals surface area (Å²) in [5, 5.41) is 6.59.